The molecule has 0 unspecified atom stereocenters. The summed E-state index contributed by atoms with van der Waals surface area (Å²) >= 11 is 1.69. The maximum atomic E-state index is 11.6. The standard InChI is InChI=1S/C14H25N3OS/c1-10(2)15-12(18)8-17(6)7-11-9-19-13(16-11)14(3,4)5/h9-10H,7-8H2,1-6H3,(H,15,18). The Morgan fingerprint density at radius 1 is 1.47 bits per heavy atom. The number of hydrogen-bond donors (Lipinski definition) is 1. The highest BCUT2D eigenvalue weighted by Crippen LogP contribution is 2.25. The fourth-order valence-corrected chi connectivity index (χ4v) is 2.57. The molecule has 0 fully saturated rings. The summed E-state index contributed by atoms with van der Waals surface area (Å²) in [5.74, 6) is 0.0591. The third-order valence-electron chi connectivity index (χ3n) is 2.49. The largest absolute Gasteiger partial charge is 0.353 e. The van der Waals surface area contributed by atoms with Crippen molar-refractivity contribution in [2.45, 2.75) is 52.6 Å². The van der Waals surface area contributed by atoms with Crippen molar-refractivity contribution in [1.82, 2.24) is 15.2 Å². The van der Waals surface area contributed by atoms with Crippen LogP contribution in [0.4, 0.5) is 0 Å². The van der Waals surface area contributed by atoms with Crippen molar-refractivity contribution >= 4 is 17.2 Å². The lowest BCUT2D eigenvalue weighted by Crippen LogP contribution is -2.38. The second-order valence-electron chi connectivity index (χ2n) is 6.29. The van der Waals surface area contributed by atoms with E-state index in [0.29, 0.717) is 13.1 Å². The molecule has 1 aromatic rings. The summed E-state index contributed by atoms with van der Waals surface area (Å²) in [4.78, 5) is 18.3. The summed E-state index contributed by atoms with van der Waals surface area (Å²) in [7, 11) is 1.94. The van der Waals surface area contributed by atoms with Gasteiger partial charge in [0.25, 0.3) is 0 Å². The first kappa shape index (κ1) is 16.1. The van der Waals surface area contributed by atoms with E-state index in [-0.39, 0.29) is 17.4 Å². The van der Waals surface area contributed by atoms with Crippen molar-refractivity contribution < 1.29 is 4.79 Å². The quantitative estimate of drug-likeness (QED) is 0.902. The van der Waals surface area contributed by atoms with Gasteiger partial charge in [-0.15, -0.1) is 11.3 Å². The van der Waals surface area contributed by atoms with Gasteiger partial charge in [0.15, 0.2) is 0 Å². The Labute approximate surface area is 120 Å². The highest BCUT2D eigenvalue weighted by Gasteiger charge is 2.18. The van der Waals surface area contributed by atoms with Crippen molar-refractivity contribution in [3.05, 3.63) is 16.1 Å². The molecule has 1 rings (SSSR count). The minimum Gasteiger partial charge on any atom is -0.353 e. The second kappa shape index (κ2) is 6.48. The van der Waals surface area contributed by atoms with Gasteiger partial charge in [-0.25, -0.2) is 4.98 Å². The van der Waals surface area contributed by atoms with Gasteiger partial charge in [-0.3, -0.25) is 9.69 Å². The van der Waals surface area contributed by atoms with Gasteiger partial charge < -0.3 is 5.32 Å². The molecule has 0 saturated carbocycles. The number of aromatic nitrogens is 1. The van der Waals surface area contributed by atoms with E-state index in [4.69, 9.17) is 0 Å². The Kier molecular flexibility index (Phi) is 5.50. The number of thiazole rings is 1. The molecule has 0 aromatic carbocycles. The SMILES string of the molecule is CC(C)NC(=O)CN(C)Cc1csc(C(C)(C)C)n1. The van der Waals surface area contributed by atoms with Crippen LogP contribution in [0, 0.1) is 0 Å². The maximum Gasteiger partial charge on any atom is 0.234 e. The monoisotopic (exact) mass is 283 g/mol. The molecule has 0 saturated heterocycles. The van der Waals surface area contributed by atoms with Crippen molar-refractivity contribution in [2.75, 3.05) is 13.6 Å². The molecule has 108 valence electrons. The summed E-state index contributed by atoms with van der Waals surface area (Å²) in [6, 6.07) is 0.188. The van der Waals surface area contributed by atoms with E-state index in [0.717, 1.165) is 10.7 Å². The molecule has 1 aromatic heterocycles. The minimum absolute atomic E-state index is 0.0591. The third kappa shape index (κ3) is 5.70. The molecule has 0 aliphatic rings. The highest BCUT2D eigenvalue weighted by molar-refractivity contribution is 7.09. The van der Waals surface area contributed by atoms with Gasteiger partial charge in [0.2, 0.25) is 5.91 Å². The zero-order valence-electron chi connectivity index (χ0n) is 12.8. The van der Waals surface area contributed by atoms with Crippen LogP contribution in [0.25, 0.3) is 0 Å². The van der Waals surface area contributed by atoms with Gasteiger partial charge in [-0.1, -0.05) is 20.8 Å². The van der Waals surface area contributed by atoms with Crippen LogP contribution in [-0.2, 0) is 16.8 Å². The Morgan fingerprint density at radius 3 is 2.58 bits per heavy atom. The number of amides is 1. The van der Waals surface area contributed by atoms with Crippen LogP contribution < -0.4 is 5.32 Å². The van der Waals surface area contributed by atoms with Crippen LogP contribution in [-0.4, -0.2) is 35.4 Å². The lowest BCUT2D eigenvalue weighted by molar-refractivity contribution is -0.122. The van der Waals surface area contributed by atoms with Crippen LogP contribution in [0.15, 0.2) is 5.38 Å². The predicted molar refractivity (Wildman–Crippen MR) is 80.4 cm³/mol. The number of carbonyl (C=O) groups excluding carboxylic acids is 1. The fraction of sp³-hybridized carbons (Fsp3) is 0.714. The molecular formula is C14H25N3OS. The summed E-state index contributed by atoms with van der Waals surface area (Å²) in [5, 5.41) is 6.11. The van der Waals surface area contributed by atoms with E-state index in [2.05, 4.69) is 36.5 Å². The molecule has 4 nitrogen and oxygen atoms in total. The summed E-state index contributed by atoms with van der Waals surface area (Å²) in [5.41, 5.74) is 1.13. The maximum absolute atomic E-state index is 11.6. The molecule has 1 amide bonds. The minimum atomic E-state index is 0.0591. The third-order valence-corrected chi connectivity index (χ3v) is 3.81. The van der Waals surface area contributed by atoms with E-state index in [9.17, 15) is 4.79 Å². The van der Waals surface area contributed by atoms with Crippen LogP contribution >= 0.6 is 11.3 Å². The summed E-state index contributed by atoms with van der Waals surface area (Å²) < 4.78 is 0. The Bertz CT molecular complexity index is 421. The number of rotatable bonds is 5. The molecule has 0 spiro atoms. The van der Waals surface area contributed by atoms with Gasteiger partial charge in [0.1, 0.15) is 0 Å². The van der Waals surface area contributed by atoms with Gasteiger partial charge in [0.05, 0.1) is 17.2 Å². The van der Waals surface area contributed by atoms with Gasteiger partial charge in [-0.2, -0.15) is 0 Å². The number of carbonyl (C=O) groups is 1. The zero-order valence-corrected chi connectivity index (χ0v) is 13.6. The number of nitrogens with zero attached hydrogens (tertiary/aromatic N) is 2. The predicted octanol–water partition coefficient (Wildman–Crippen LogP) is 2.40. The first-order valence-electron chi connectivity index (χ1n) is 6.61. The van der Waals surface area contributed by atoms with Gasteiger partial charge >= 0.3 is 0 Å². The molecule has 5 heteroatoms. The van der Waals surface area contributed by atoms with Crippen molar-refractivity contribution in [2.24, 2.45) is 0 Å². The molecule has 0 aliphatic heterocycles. The van der Waals surface area contributed by atoms with Crippen LogP contribution in [0.1, 0.15) is 45.3 Å². The molecular weight excluding hydrogens is 258 g/mol. The van der Waals surface area contributed by atoms with Crippen molar-refractivity contribution in [3.8, 4) is 0 Å². The Hall–Kier alpha value is -0.940. The normalized spacial score (nSPS) is 12.2. The number of likely N-dealkylation sites (N-methyl/N-ethyl adjacent to an activating group) is 1. The van der Waals surface area contributed by atoms with Crippen LogP contribution in [0.3, 0.4) is 0 Å². The average molecular weight is 283 g/mol. The number of nitrogens with one attached hydrogen (secondary N) is 1. The number of hydrogen-bond acceptors (Lipinski definition) is 4. The average Bonchev–Trinajstić information content (AvgIpc) is 2.63. The van der Waals surface area contributed by atoms with E-state index in [1.165, 1.54) is 0 Å². The van der Waals surface area contributed by atoms with E-state index in [1.807, 2.05) is 25.8 Å². The zero-order chi connectivity index (χ0) is 14.6. The first-order valence-corrected chi connectivity index (χ1v) is 7.49. The molecule has 1 N–H and O–H groups in total. The van der Waals surface area contributed by atoms with Crippen LogP contribution in [0.2, 0.25) is 0 Å². The van der Waals surface area contributed by atoms with Crippen molar-refractivity contribution in [3.63, 3.8) is 0 Å². The van der Waals surface area contributed by atoms with E-state index >= 15 is 0 Å². The summed E-state index contributed by atoms with van der Waals surface area (Å²) in [6.07, 6.45) is 0. The molecule has 0 radical (unpaired) electrons. The summed E-state index contributed by atoms with van der Waals surface area (Å²) in [6.45, 7) is 11.5. The molecule has 0 atom stereocenters. The second-order valence-corrected chi connectivity index (χ2v) is 7.15. The smallest absolute Gasteiger partial charge is 0.234 e. The molecule has 1 heterocycles. The first-order chi connectivity index (χ1) is 8.68. The highest BCUT2D eigenvalue weighted by atomic mass is 32.1. The molecule has 0 aliphatic carbocycles. The van der Waals surface area contributed by atoms with Crippen LogP contribution in [0.5, 0.6) is 0 Å². The lowest BCUT2D eigenvalue weighted by Gasteiger charge is -2.17. The van der Waals surface area contributed by atoms with Gasteiger partial charge in [0, 0.05) is 23.4 Å². The topological polar surface area (TPSA) is 45.2 Å². The fourth-order valence-electron chi connectivity index (χ4n) is 1.67. The molecule has 0 bridgehead atoms. The molecule has 19 heavy (non-hydrogen) atoms. The lowest BCUT2D eigenvalue weighted by atomic mass is 9.98. The van der Waals surface area contributed by atoms with E-state index in [1.54, 1.807) is 11.3 Å². The van der Waals surface area contributed by atoms with Crippen molar-refractivity contribution in [1.29, 1.82) is 0 Å². The Morgan fingerprint density at radius 2 is 2.11 bits per heavy atom. The van der Waals surface area contributed by atoms with E-state index < -0.39 is 0 Å². The van der Waals surface area contributed by atoms with Gasteiger partial charge in [-0.05, 0) is 20.9 Å². The Balaban J connectivity index is 2.51.